The molecule has 1 N–H and O–H groups in total. The van der Waals surface area contributed by atoms with Crippen molar-refractivity contribution in [2.75, 3.05) is 17.7 Å². The number of allylic oxidation sites excluding steroid dienone is 1. The van der Waals surface area contributed by atoms with Crippen molar-refractivity contribution in [1.82, 2.24) is 14.8 Å². The molecule has 0 spiro atoms. The molecule has 0 aliphatic heterocycles. The van der Waals surface area contributed by atoms with E-state index in [1.165, 1.54) is 17.3 Å². The van der Waals surface area contributed by atoms with E-state index in [0.29, 0.717) is 35.7 Å². The minimum absolute atomic E-state index is 0.131. The number of para-hydroxylation sites is 2. The Kier molecular flexibility index (Phi) is 7.89. The van der Waals surface area contributed by atoms with Crippen molar-refractivity contribution in [2.45, 2.75) is 38.4 Å². The van der Waals surface area contributed by atoms with Crippen LogP contribution in [-0.2, 0) is 11.3 Å². The van der Waals surface area contributed by atoms with Crippen LogP contribution in [0.1, 0.15) is 32.3 Å². The van der Waals surface area contributed by atoms with Gasteiger partial charge in [0.15, 0.2) is 11.0 Å². The fourth-order valence-corrected chi connectivity index (χ4v) is 3.84. The first-order valence-corrected chi connectivity index (χ1v) is 11.3. The van der Waals surface area contributed by atoms with Gasteiger partial charge in [0.2, 0.25) is 5.91 Å². The molecular weight excluding hydrogens is 408 g/mol. The first kappa shape index (κ1) is 22.6. The summed E-state index contributed by atoms with van der Waals surface area (Å²) in [6.45, 7) is 11.2. The first-order chi connectivity index (χ1) is 15.0. The summed E-state index contributed by atoms with van der Waals surface area (Å²) in [4.78, 5) is 12.5. The second-order valence-corrected chi connectivity index (χ2v) is 8.19. The normalized spacial score (nSPS) is 10.8. The van der Waals surface area contributed by atoms with E-state index in [-0.39, 0.29) is 11.7 Å². The van der Waals surface area contributed by atoms with Crippen LogP contribution in [0.3, 0.4) is 0 Å². The molecule has 7 heteroatoms. The van der Waals surface area contributed by atoms with Crippen LogP contribution in [0.25, 0.3) is 11.4 Å². The maximum atomic E-state index is 12.5. The van der Waals surface area contributed by atoms with Crippen molar-refractivity contribution >= 4 is 23.4 Å². The number of carbonyl (C=O) groups is 1. The minimum Gasteiger partial charge on any atom is -0.492 e. The van der Waals surface area contributed by atoms with E-state index < -0.39 is 0 Å². The Labute approximate surface area is 187 Å². The summed E-state index contributed by atoms with van der Waals surface area (Å²) in [5.41, 5.74) is 2.92. The van der Waals surface area contributed by atoms with Crippen molar-refractivity contribution in [3.63, 3.8) is 0 Å². The van der Waals surface area contributed by atoms with Gasteiger partial charge in [-0.05, 0) is 30.5 Å². The van der Waals surface area contributed by atoms with Crippen LogP contribution < -0.4 is 10.1 Å². The highest BCUT2D eigenvalue weighted by atomic mass is 32.2. The molecule has 0 saturated carbocycles. The third-order valence-corrected chi connectivity index (χ3v) is 5.62. The Morgan fingerprint density at radius 1 is 1.19 bits per heavy atom. The van der Waals surface area contributed by atoms with Crippen LogP contribution in [0, 0.1) is 0 Å². The lowest BCUT2D eigenvalue weighted by Crippen LogP contribution is -2.15. The topological polar surface area (TPSA) is 69.0 Å². The fourth-order valence-electron chi connectivity index (χ4n) is 3.09. The van der Waals surface area contributed by atoms with E-state index in [0.717, 1.165) is 11.4 Å². The van der Waals surface area contributed by atoms with E-state index >= 15 is 0 Å². The summed E-state index contributed by atoms with van der Waals surface area (Å²) >= 11 is 1.35. The molecule has 1 amide bonds. The minimum atomic E-state index is -0.131. The number of hydrogen-bond donors (Lipinski definition) is 1. The number of nitrogens with one attached hydrogen (secondary N) is 1. The number of benzene rings is 2. The zero-order chi connectivity index (χ0) is 22.2. The summed E-state index contributed by atoms with van der Waals surface area (Å²) in [6, 6.07) is 15.8. The number of nitrogens with zero attached hydrogens (tertiary/aromatic N) is 3. The molecule has 0 radical (unpaired) electrons. The molecule has 0 bridgehead atoms. The van der Waals surface area contributed by atoms with Crippen LogP contribution in [0.5, 0.6) is 5.75 Å². The first-order valence-electron chi connectivity index (χ1n) is 10.3. The number of carbonyl (C=O) groups excluding carboxylic acids is 1. The molecule has 6 nitrogen and oxygen atoms in total. The average Bonchev–Trinajstić information content (AvgIpc) is 3.17. The predicted molar refractivity (Wildman–Crippen MR) is 127 cm³/mol. The number of ether oxygens (including phenoxy) is 1. The smallest absolute Gasteiger partial charge is 0.234 e. The van der Waals surface area contributed by atoms with Crippen molar-refractivity contribution in [1.29, 1.82) is 0 Å². The molecule has 162 valence electrons. The summed E-state index contributed by atoms with van der Waals surface area (Å²) in [5.74, 6) is 1.97. The molecule has 0 fully saturated rings. The summed E-state index contributed by atoms with van der Waals surface area (Å²) in [6.07, 6.45) is 1.80. The van der Waals surface area contributed by atoms with Crippen LogP contribution in [-0.4, -0.2) is 33.0 Å². The van der Waals surface area contributed by atoms with Crippen LogP contribution >= 0.6 is 11.8 Å². The standard InChI is InChI=1S/C24H28N4O2S/c1-5-15-28-23(19-13-11-18(12-14-19)17(3)4)26-27-24(28)31-16-22(29)25-20-9-7-8-10-21(20)30-6-2/h5,7-14,17H,1,6,15-16H2,2-4H3,(H,25,29). The third-order valence-electron chi connectivity index (χ3n) is 4.66. The number of aromatic nitrogens is 3. The van der Waals surface area contributed by atoms with Crippen molar-refractivity contribution in [3.05, 3.63) is 66.7 Å². The highest BCUT2D eigenvalue weighted by Crippen LogP contribution is 2.27. The quantitative estimate of drug-likeness (QED) is 0.341. The predicted octanol–water partition coefficient (Wildman–Crippen LogP) is 5.38. The lowest BCUT2D eigenvalue weighted by atomic mass is 10.0. The average molecular weight is 437 g/mol. The van der Waals surface area contributed by atoms with Gasteiger partial charge < -0.3 is 10.1 Å². The van der Waals surface area contributed by atoms with Gasteiger partial charge in [0.25, 0.3) is 0 Å². The van der Waals surface area contributed by atoms with Gasteiger partial charge in [-0.25, -0.2) is 0 Å². The van der Waals surface area contributed by atoms with Crippen molar-refractivity contribution in [3.8, 4) is 17.1 Å². The molecule has 0 atom stereocenters. The maximum Gasteiger partial charge on any atom is 0.234 e. The maximum absolute atomic E-state index is 12.5. The molecule has 1 aromatic heterocycles. The second-order valence-electron chi connectivity index (χ2n) is 7.25. The molecule has 0 aliphatic carbocycles. The van der Waals surface area contributed by atoms with E-state index in [4.69, 9.17) is 4.74 Å². The Balaban J connectivity index is 1.72. The zero-order valence-electron chi connectivity index (χ0n) is 18.2. The molecule has 0 aliphatic rings. The van der Waals surface area contributed by atoms with Crippen molar-refractivity contribution in [2.24, 2.45) is 0 Å². The van der Waals surface area contributed by atoms with Crippen molar-refractivity contribution < 1.29 is 9.53 Å². The van der Waals surface area contributed by atoms with Crippen LogP contribution in [0.15, 0.2) is 66.3 Å². The summed E-state index contributed by atoms with van der Waals surface area (Å²) < 4.78 is 7.54. The van der Waals surface area contributed by atoms with Crippen LogP contribution in [0.2, 0.25) is 0 Å². The van der Waals surface area contributed by atoms with Gasteiger partial charge in [-0.2, -0.15) is 0 Å². The van der Waals surface area contributed by atoms with Gasteiger partial charge in [-0.3, -0.25) is 9.36 Å². The molecule has 3 rings (SSSR count). The van der Waals surface area contributed by atoms with Gasteiger partial charge in [-0.15, -0.1) is 16.8 Å². The van der Waals surface area contributed by atoms with E-state index in [9.17, 15) is 4.79 Å². The molecule has 1 heterocycles. The monoisotopic (exact) mass is 436 g/mol. The van der Waals surface area contributed by atoms with Gasteiger partial charge in [0.05, 0.1) is 18.0 Å². The highest BCUT2D eigenvalue weighted by Gasteiger charge is 2.16. The third kappa shape index (κ3) is 5.76. The fraction of sp³-hybridized carbons (Fsp3) is 0.292. The summed E-state index contributed by atoms with van der Waals surface area (Å²) in [7, 11) is 0. The molecule has 0 unspecified atom stereocenters. The Hall–Kier alpha value is -3.06. The SMILES string of the molecule is C=CCn1c(SCC(=O)Nc2ccccc2OCC)nnc1-c1ccc(C(C)C)cc1. The second kappa shape index (κ2) is 10.8. The van der Waals surface area contributed by atoms with E-state index in [2.05, 4.69) is 60.2 Å². The molecular formula is C24H28N4O2S. The number of anilines is 1. The van der Waals surface area contributed by atoms with Crippen LogP contribution in [0.4, 0.5) is 5.69 Å². The highest BCUT2D eigenvalue weighted by molar-refractivity contribution is 7.99. The lowest BCUT2D eigenvalue weighted by molar-refractivity contribution is -0.113. The van der Waals surface area contributed by atoms with Gasteiger partial charge >= 0.3 is 0 Å². The number of rotatable bonds is 10. The Morgan fingerprint density at radius 3 is 2.61 bits per heavy atom. The summed E-state index contributed by atoms with van der Waals surface area (Å²) in [5, 5.41) is 12.3. The van der Waals surface area contributed by atoms with Gasteiger partial charge in [0, 0.05) is 12.1 Å². The number of hydrogen-bond acceptors (Lipinski definition) is 5. The van der Waals surface area contributed by atoms with Gasteiger partial charge in [0.1, 0.15) is 5.75 Å². The number of thioether (sulfide) groups is 1. The number of amides is 1. The Bertz CT molecular complexity index is 1030. The molecule has 3 aromatic rings. The largest absolute Gasteiger partial charge is 0.492 e. The zero-order valence-corrected chi connectivity index (χ0v) is 19.0. The molecule has 0 saturated heterocycles. The van der Waals surface area contributed by atoms with E-state index in [1.807, 2.05) is 35.8 Å². The molecule has 31 heavy (non-hydrogen) atoms. The molecule has 2 aromatic carbocycles. The Morgan fingerprint density at radius 2 is 1.94 bits per heavy atom. The lowest BCUT2D eigenvalue weighted by Gasteiger charge is -2.11. The van der Waals surface area contributed by atoms with Gasteiger partial charge in [-0.1, -0.05) is 68.1 Å². The van der Waals surface area contributed by atoms with E-state index in [1.54, 1.807) is 6.08 Å².